The van der Waals surface area contributed by atoms with Crippen molar-refractivity contribution < 1.29 is 27.2 Å². The number of nitrogens with one attached hydrogen (secondary N) is 1. The first-order valence-electron chi connectivity index (χ1n) is 6.25. The number of carbonyl (C=O) groups excluding carboxylic acids is 2. The molecule has 0 aromatic heterocycles. The molecule has 0 bridgehead atoms. The zero-order chi connectivity index (χ0) is 15.3. The highest BCUT2D eigenvalue weighted by Gasteiger charge is 2.38. The molecule has 0 aromatic carbocycles. The Morgan fingerprint density at radius 1 is 1.30 bits per heavy atom. The molecule has 1 saturated heterocycles. The van der Waals surface area contributed by atoms with Gasteiger partial charge in [0.1, 0.15) is 6.17 Å². The second-order valence-corrected chi connectivity index (χ2v) is 4.70. The Hall–Kier alpha value is -1.38. The van der Waals surface area contributed by atoms with Gasteiger partial charge in [0, 0.05) is 6.54 Å². The van der Waals surface area contributed by atoms with Crippen molar-refractivity contribution >= 4 is 11.8 Å². The summed E-state index contributed by atoms with van der Waals surface area (Å²) in [6, 6.07) is -0.777. The maximum absolute atomic E-state index is 12.5. The van der Waals surface area contributed by atoms with E-state index in [1.54, 1.807) is 5.32 Å². The zero-order valence-corrected chi connectivity index (χ0v) is 10.8. The van der Waals surface area contributed by atoms with Crippen LogP contribution in [-0.2, 0) is 9.59 Å². The van der Waals surface area contributed by atoms with Crippen molar-refractivity contribution in [1.82, 2.24) is 10.2 Å². The van der Waals surface area contributed by atoms with Crippen molar-refractivity contribution in [1.29, 1.82) is 0 Å². The van der Waals surface area contributed by atoms with E-state index in [1.807, 2.05) is 0 Å². The van der Waals surface area contributed by atoms with E-state index in [4.69, 9.17) is 5.73 Å². The predicted octanol–water partition coefficient (Wildman–Crippen LogP) is 0.343. The molecule has 1 atom stereocenters. The third kappa shape index (κ3) is 4.95. The molecule has 1 heterocycles. The van der Waals surface area contributed by atoms with Gasteiger partial charge in [-0.3, -0.25) is 9.59 Å². The summed E-state index contributed by atoms with van der Waals surface area (Å²) < 4.78 is 48.1. The highest BCUT2D eigenvalue weighted by molar-refractivity contribution is 5.82. The maximum atomic E-state index is 12.5. The average molecular weight is 299 g/mol. The number of carbonyl (C=O) groups is 2. The molecular formula is C11H17F4N3O2. The molecule has 0 spiro atoms. The first-order valence-corrected chi connectivity index (χ1v) is 6.25. The van der Waals surface area contributed by atoms with E-state index in [-0.39, 0.29) is 38.4 Å². The minimum absolute atomic E-state index is 0.0498. The summed E-state index contributed by atoms with van der Waals surface area (Å²) in [6.45, 7) is -0.0299. The molecule has 116 valence electrons. The van der Waals surface area contributed by atoms with E-state index in [2.05, 4.69) is 0 Å². The zero-order valence-electron chi connectivity index (χ0n) is 10.8. The van der Waals surface area contributed by atoms with Crippen molar-refractivity contribution in [3.05, 3.63) is 0 Å². The standard InChI is InChI=1S/C11H17F4N3O2/c12-7-5-18(6-7)9(19)8(16)3-1-2-4-17-10(20)11(13,14)15/h7-8H,1-6,16H2,(H,17,20). The molecule has 9 heteroatoms. The minimum Gasteiger partial charge on any atom is -0.348 e. The maximum Gasteiger partial charge on any atom is 0.471 e. The number of alkyl halides is 4. The van der Waals surface area contributed by atoms with Gasteiger partial charge in [0.05, 0.1) is 19.1 Å². The molecule has 5 nitrogen and oxygen atoms in total. The number of nitrogens with zero attached hydrogens (tertiary/aromatic N) is 1. The number of amides is 2. The Labute approximate surface area is 113 Å². The first-order chi connectivity index (χ1) is 9.21. The van der Waals surface area contributed by atoms with E-state index >= 15 is 0 Å². The smallest absolute Gasteiger partial charge is 0.348 e. The van der Waals surface area contributed by atoms with Crippen molar-refractivity contribution in [3.63, 3.8) is 0 Å². The molecule has 2 amide bonds. The molecule has 0 radical (unpaired) electrons. The quantitative estimate of drug-likeness (QED) is 0.549. The second-order valence-electron chi connectivity index (χ2n) is 4.70. The minimum atomic E-state index is -4.88. The van der Waals surface area contributed by atoms with Gasteiger partial charge in [-0.2, -0.15) is 13.2 Å². The molecule has 0 aliphatic carbocycles. The predicted molar refractivity (Wildman–Crippen MR) is 62.4 cm³/mol. The molecule has 3 N–H and O–H groups in total. The lowest BCUT2D eigenvalue weighted by Gasteiger charge is -2.36. The van der Waals surface area contributed by atoms with Gasteiger partial charge in [-0.25, -0.2) is 4.39 Å². The lowest BCUT2D eigenvalue weighted by molar-refractivity contribution is -0.173. The summed E-state index contributed by atoms with van der Waals surface area (Å²) in [7, 11) is 0. The normalized spacial score (nSPS) is 17.6. The summed E-state index contributed by atoms with van der Waals surface area (Å²) in [5, 5.41) is 1.73. The fourth-order valence-corrected chi connectivity index (χ4v) is 1.75. The fourth-order valence-electron chi connectivity index (χ4n) is 1.75. The lowest BCUT2D eigenvalue weighted by atomic mass is 10.1. The molecule has 1 unspecified atom stereocenters. The lowest BCUT2D eigenvalue weighted by Crippen LogP contribution is -2.56. The molecule has 1 aliphatic heterocycles. The SMILES string of the molecule is NC(CCCCNC(=O)C(F)(F)F)C(=O)N1CC(F)C1. The van der Waals surface area contributed by atoms with Gasteiger partial charge in [0.15, 0.2) is 0 Å². The molecule has 1 fully saturated rings. The van der Waals surface area contributed by atoms with Gasteiger partial charge >= 0.3 is 12.1 Å². The van der Waals surface area contributed by atoms with Crippen LogP contribution < -0.4 is 11.1 Å². The summed E-state index contributed by atoms with van der Waals surface area (Å²) in [5.41, 5.74) is 5.60. The molecule has 0 saturated carbocycles. The number of hydrogen-bond acceptors (Lipinski definition) is 3. The third-order valence-electron chi connectivity index (χ3n) is 2.95. The summed E-state index contributed by atoms with van der Waals surface area (Å²) in [4.78, 5) is 23.4. The van der Waals surface area contributed by atoms with Crippen molar-refractivity contribution in [3.8, 4) is 0 Å². The van der Waals surface area contributed by atoms with E-state index in [0.717, 1.165) is 0 Å². The van der Waals surface area contributed by atoms with Crippen molar-refractivity contribution in [2.45, 2.75) is 37.7 Å². The highest BCUT2D eigenvalue weighted by Crippen LogP contribution is 2.15. The summed E-state index contributed by atoms with van der Waals surface area (Å²) >= 11 is 0. The number of rotatable bonds is 6. The Balaban J connectivity index is 2.09. The van der Waals surface area contributed by atoms with Gasteiger partial charge in [-0.05, 0) is 19.3 Å². The Morgan fingerprint density at radius 2 is 1.90 bits per heavy atom. The largest absolute Gasteiger partial charge is 0.471 e. The van der Waals surface area contributed by atoms with Crippen LogP contribution in [-0.4, -0.2) is 54.7 Å². The van der Waals surface area contributed by atoms with Crippen LogP contribution in [0.5, 0.6) is 0 Å². The Bertz CT molecular complexity index is 356. The topological polar surface area (TPSA) is 75.4 Å². The van der Waals surface area contributed by atoms with Crippen LogP contribution in [0.1, 0.15) is 19.3 Å². The van der Waals surface area contributed by atoms with Crippen LogP contribution in [0.2, 0.25) is 0 Å². The summed E-state index contributed by atoms with van der Waals surface area (Å²) in [5.74, 6) is -2.33. The van der Waals surface area contributed by atoms with Gasteiger partial charge < -0.3 is 16.0 Å². The van der Waals surface area contributed by atoms with Gasteiger partial charge in [0.25, 0.3) is 0 Å². The average Bonchev–Trinajstić information content (AvgIpc) is 2.32. The van der Waals surface area contributed by atoms with Gasteiger partial charge in [-0.1, -0.05) is 0 Å². The highest BCUT2D eigenvalue weighted by atomic mass is 19.4. The van der Waals surface area contributed by atoms with Crippen LogP contribution in [0, 0.1) is 0 Å². The summed E-state index contributed by atoms with van der Waals surface area (Å²) in [6.07, 6.45) is -4.91. The monoisotopic (exact) mass is 299 g/mol. The fraction of sp³-hybridized carbons (Fsp3) is 0.818. The Morgan fingerprint density at radius 3 is 2.40 bits per heavy atom. The van der Waals surface area contributed by atoms with Crippen molar-refractivity contribution in [2.24, 2.45) is 5.73 Å². The Kier molecular flexibility index (Phi) is 5.73. The molecule has 20 heavy (non-hydrogen) atoms. The van der Waals surface area contributed by atoms with Gasteiger partial charge in [-0.15, -0.1) is 0 Å². The van der Waals surface area contributed by atoms with E-state index in [0.29, 0.717) is 6.42 Å². The third-order valence-corrected chi connectivity index (χ3v) is 2.95. The number of likely N-dealkylation sites (tertiary alicyclic amines) is 1. The van der Waals surface area contributed by atoms with Crippen LogP contribution in [0.25, 0.3) is 0 Å². The number of halogens is 4. The number of hydrogen-bond donors (Lipinski definition) is 2. The molecule has 1 aliphatic rings. The molecule has 0 aromatic rings. The van der Waals surface area contributed by atoms with Crippen LogP contribution >= 0.6 is 0 Å². The van der Waals surface area contributed by atoms with Crippen LogP contribution in [0.3, 0.4) is 0 Å². The number of nitrogens with two attached hydrogens (primary N) is 1. The number of unbranched alkanes of at least 4 members (excludes halogenated alkanes) is 1. The second kappa shape index (κ2) is 6.87. The first kappa shape index (κ1) is 16.7. The van der Waals surface area contributed by atoms with E-state index in [1.165, 1.54) is 4.90 Å². The van der Waals surface area contributed by atoms with Crippen molar-refractivity contribution in [2.75, 3.05) is 19.6 Å². The van der Waals surface area contributed by atoms with Gasteiger partial charge in [0.2, 0.25) is 5.91 Å². The van der Waals surface area contributed by atoms with E-state index in [9.17, 15) is 27.2 Å². The van der Waals surface area contributed by atoms with Crippen LogP contribution in [0.4, 0.5) is 17.6 Å². The van der Waals surface area contributed by atoms with E-state index < -0.39 is 24.3 Å². The van der Waals surface area contributed by atoms with Crippen LogP contribution in [0.15, 0.2) is 0 Å². The molecular weight excluding hydrogens is 282 g/mol. The molecule has 1 rings (SSSR count).